The van der Waals surface area contributed by atoms with Crippen molar-refractivity contribution in [1.29, 1.82) is 0 Å². The molecule has 11 heteroatoms. The molecule has 34 heavy (non-hydrogen) atoms. The number of hydrogen-bond acceptors (Lipinski definition) is 6. The van der Waals surface area contributed by atoms with Gasteiger partial charge in [0.05, 0.1) is 11.7 Å². The summed E-state index contributed by atoms with van der Waals surface area (Å²) in [6.07, 6.45) is 5.48. The molecule has 2 atom stereocenters. The zero-order valence-corrected chi connectivity index (χ0v) is 18.3. The Balaban J connectivity index is 1.54. The van der Waals surface area contributed by atoms with E-state index in [4.69, 9.17) is 9.97 Å². The third-order valence-corrected chi connectivity index (χ3v) is 6.49. The van der Waals surface area contributed by atoms with Crippen LogP contribution in [0, 0.1) is 5.82 Å². The van der Waals surface area contributed by atoms with Gasteiger partial charge in [-0.2, -0.15) is 4.98 Å². The van der Waals surface area contributed by atoms with Crippen molar-refractivity contribution in [3.05, 3.63) is 60.3 Å². The Bertz CT molecular complexity index is 1360. The van der Waals surface area contributed by atoms with E-state index in [1.165, 1.54) is 12.1 Å². The third-order valence-electron chi connectivity index (χ3n) is 6.49. The van der Waals surface area contributed by atoms with E-state index in [1.807, 2.05) is 11.5 Å². The predicted octanol–water partition coefficient (Wildman–Crippen LogP) is 4.83. The quantitative estimate of drug-likeness (QED) is 0.464. The number of aromatic nitrogens is 7. The van der Waals surface area contributed by atoms with Crippen LogP contribution in [0.5, 0.6) is 0 Å². The van der Waals surface area contributed by atoms with Gasteiger partial charge in [-0.15, -0.1) is 10.2 Å². The number of nitrogens with one attached hydrogen (secondary N) is 1. The van der Waals surface area contributed by atoms with E-state index in [0.717, 1.165) is 6.42 Å². The van der Waals surface area contributed by atoms with Crippen molar-refractivity contribution in [1.82, 2.24) is 34.3 Å². The largest absolute Gasteiger partial charge is 0.358 e. The molecule has 1 N–H and O–H groups in total. The smallest absolute Gasteiger partial charge is 0.248 e. The second-order valence-corrected chi connectivity index (χ2v) is 8.69. The predicted molar refractivity (Wildman–Crippen MR) is 118 cm³/mol. The van der Waals surface area contributed by atoms with Crippen molar-refractivity contribution in [3.8, 4) is 23.0 Å². The van der Waals surface area contributed by atoms with Gasteiger partial charge in [-0.3, -0.25) is 9.13 Å². The number of halogens is 3. The molecule has 1 aromatic carbocycles. The van der Waals surface area contributed by atoms with Gasteiger partial charge in [-0.1, -0.05) is 6.92 Å². The maximum atomic E-state index is 14.2. The summed E-state index contributed by atoms with van der Waals surface area (Å²) >= 11 is 0. The lowest BCUT2D eigenvalue weighted by Gasteiger charge is -2.28. The first-order valence-electron chi connectivity index (χ1n) is 11.2. The summed E-state index contributed by atoms with van der Waals surface area (Å²) in [6.45, 7) is 2.02. The molecular weight excluding hydrogens is 445 g/mol. The van der Waals surface area contributed by atoms with Crippen LogP contribution < -0.4 is 5.32 Å². The van der Waals surface area contributed by atoms with Crippen LogP contribution in [0.3, 0.4) is 0 Å². The van der Waals surface area contributed by atoms with Crippen LogP contribution in [0.15, 0.2) is 43.0 Å². The average molecular weight is 466 g/mol. The number of fused-ring (bicyclic) bond motifs is 3. The topological polar surface area (TPSA) is 86.3 Å². The Morgan fingerprint density at radius 3 is 2.71 bits per heavy atom. The molecule has 1 saturated carbocycles. The highest BCUT2D eigenvalue weighted by atomic mass is 19.3. The minimum Gasteiger partial charge on any atom is -0.358 e. The molecule has 0 spiro atoms. The number of imidazole rings is 1. The monoisotopic (exact) mass is 466 g/mol. The SMILES string of the molecule is CC[C@H]1Nc2nc(-n3ccnc3-c3ccc(F)cc3)nc(C3CCC(F)(F)C3)c2-n2cnnc21. The van der Waals surface area contributed by atoms with Gasteiger partial charge < -0.3 is 5.32 Å². The van der Waals surface area contributed by atoms with Crippen LogP contribution in [0.4, 0.5) is 19.0 Å². The van der Waals surface area contributed by atoms with Crippen LogP contribution in [0.25, 0.3) is 23.0 Å². The highest BCUT2D eigenvalue weighted by Gasteiger charge is 2.43. The Kier molecular flexibility index (Phi) is 4.68. The molecule has 0 amide bonds. The molecular formula is C23H21F3N8. The first-order valence-corrected chi connectivity index (χ1v) is 11.2. The normalized spacial score (nSPS) is 20.6. The van der Waals surface area contributed by atoms with Crippen LogP contribution in [-0.4, -0.2) is 40.2 Å². The maximum Gasteiger partial charge on any atom is 0.248 e. The van der Waals surface area contributed by atoms with Crippen molar-refractivity contribution in [3.63, 3.8) is 0 Å². The Labute approximate surface area is 192 Å². The number of rotatable bonds is 4. The summed E-state index contributed by atoms with van der Waals surface area (Å²) in [5, 5.41) is 11.7. The van der Waals surface area contributed by atoms with E-state index >= 15 is 0 Å². The highest BCUT2D eigenvalue weighted by Crippen LogP contribution is 2.47. The number of hydrogen-bond donors (Lipinski definition) is 1. The molecule has 6 rings (SSSR count). The molecule has 8 nitrogen and oxygen atoms in total. The molecule has 0 bridgehead atoms. The minimum absolute atomic E-state index is 0.130. The zero-order chi connectivity index (χ0) is 23.4. The number of alkyl halides is 2. The Morgan fingerprint density at radius 1 is 1.15 bits per heavy atom. The standard InChI is InChI=1S/C23H21F3N8/c1-2-16-21-32-28-12-34(21)18-17(14-7-8-23(25,26)11-14)30-22(31-19(18)29-16)33-10-9-27-20(33)13-3-5-15(24)6-4-13/h3-6,9-10,12,14,16H,2,7-8,11H2,1H3,(H,29,30,31)/t14?,16-/m1/s1. The fourth-order valence-corrected chi connectivity index (χ4v) is 4.82. The molecule has 1 aliphatic heterocycles. The van der Waals surface area contributed by atoms with Crippen LogP contribution in [0.2, 0.25) is 0 Å². The first-order chi connectivity index (χ1) is 16.4. The van der Waals surface area contributed by atoms with E-state index in [9.17, 15) is 13.2 Å². The van der Waals surface area contributed by atoms with Crippen molar-refractivity contribution in [2.24, 2.45) is 0 Å². The van der Waals surface area contributed by atoms with E-state index in [2.05, 4.69) is 20.5 Å². The summed E-state index contributed by atoms with van der Waals surface area (Å²) in [7, 11) is 0. The van der Waals surface area contributed by atoms with Crippen LogP contribution in [0.1, 0.15) is 56.1 Å². The van der Waals surface area contributed by atoms with Gasteiger partial charge in [-0.25, -0.2) is 23.1 Å². The van der Waals surface area contributed by atoms with Gasteiger partial charge in [0.2, 0.25) is 11.9 Å². The third kappa shape index (κ3) is 3.34. The van der Waals surface area contributed by atoms with E-state index < -0.39 is 11.8 Å². The second-order valence-electron chi connectivity index (χ2n) is 8.69. The van der Waals surface area contributed by atoms with Gasteiger partial charge in [0, 0.05) is 36.7 Å². The van der Waals surface area contributed by atoms with E-state index in [0.29, 0.717) is 46.8 Å². The van der Waals surface area contributed by atoms with Gasteiger partial charge in [0.1, 0.15) is 23.7 Å². The lowest BCUT2D eigenvalue weighted by Crippen LogP contribution is -2.26. The Hall–Kier alpha value is -3.76. The zero-order valence-electron chi connectivity index (χ0n) is 18.3. The van der Waals surface area contributed by atoms with E-state index in [-0.39, 0.29) is 24.7 Å². The lowest BCUT2D eigenvalue weighted by atomic mass is 10.00. The van der Waals surface area contributed by atoms with Crippen LogP contribution in [-0.2, 0) is 0 Å². The minimum atomic E-state index is -2.74. The molecule has 4 heterocycles. The number of anilines is 1. The summed E-state index contributed by atoms with van der Waals surface area (Å²) in [4.78, 5) is 14.0. The lowest BCUT2D eigenvalue weighted by molar-refractivity contribution is 0.00765. The van der Waals surface area contributed by atoms with Crippen molar-refractivity contribution < 1.29 is 13.2 Å². The maximum absolute atomic E-state index is 14.2. The van der Waals surface area contributed by atoms with Crippen molar-refractivity contribution >= 4 is 5.82 Å². The highest BCUT2D eigenvalue weighted by molar-refractivity contribution is 5.65. The van der Waals surface area contributed by atoms with Crippen molar-refractivity contribution in [2.45, 2.75) is 50.5 Å². The molecule has 0 radical (unpaired) electrons. The molecule has 1 unspecified atom stereocenters. The molecule has 174 valence electrons. The fraction of sp³-hybridized carbons (Fsp3) is 0.348. The number of nitrogens with zero attached hydrogens (tertiary/aromatic N) is 7. The first kappa shape index (κ1) is 20.8. The van der Waals surface area contributed by atoms with E-state index in [1.54, 1.807) is 35.4 Å². The summed E-state index contributed by atoms with van der Waals surface area (Å²) in [5.41, 5.74) is 1.82. The molecule has 1 fully saturated rings. The Morgan fingerprint density at radius 2 is 1.97 bits per heavy atom. The van der Waals surface area contributed by atoms with Gasteiger partial charge in [0.15, 0.2) is 11.6 Å². The summed E-state index contributed by atoms with van der Waals surface area (Å²) < 4.78 is 45.4. The molecule has 1 aliphatic carbocycles. The van der Waals surface area contributed by atoms with Crippen molar-refractivity contribution in [2.75, 3.05) is 5.32 Å². The van der Waals surface area contributed by atoms with Gasteiger partial charge in [0.25, 0.3) is 0 Å². The molecule has 4 aromatic rings. The number of benzene rings is 1. The van der Waals surface area contributed by atoms with Gasteiger partial charge in [-0.05, 0) is 37.1 Å². The molecule has 2 aliphatic rings. The summed E-state index contributed by atoms with van der Waals surface area (Å²) in [6, 6.07) is 5.83. The fourth-order valence-electron chi connectivity index (χ4n) is 4.82. The van der Waals surface area contributed by atoms with Crippen LogP contribution >= 0.6 is 0 Å². The molecule has 3 aromatic heterocycles. The summed E-state index contributed by atoms with van der Waals surface area (Å²) in [5.74, 6) is -1.47. The second kappa shape index (κ2) is 7.64. The molecule has 0 saturated heterocycles. The van der Waals surface area contributed by atoms with Gasteiger partial charge >= 0.3 is 0 Å². The average Bonchev–Trinajstić information content (AvgIpc) is 3.57.